The Bertz CT molecular complexity index is 1410. The third-order valence-electron chi connectivity index (χ3n) is 6.77. The maximum Gasteiger partial charge on any atom is 0.242 e. The third-order valence-corrected chi connectivity index (χ3v) is 7.41. The second-order valence-corrected chi connectivity index (χ2v) is 10.8. The Kier molecular flexibility index (Phi) is 7.40. The lowest BCUT2D eigenvalue weighted by Gasteiger charge is -2.32. The van der Waals surface area contributed by atoms with Gasteiger partial charge in [0.1, 0.15) is 6.04 Å². The summed E-state index contributed by atoms with van der Waals surface area (Å²) < 4.78 is 4.25. The summed E-state index contributed by atoms with van der Waals surface area (Å²) >= 11 is 3.62. The van der Waals surface area contributed by atoms with E-state index in [0.717, 1.165) is 53.7 Å². The van der Waals surface area contributed by atoms with Crippen molar-refractivity contribution in [3.63, 3.8) is 0 Å². The van der Waals surface area contributed by atoms with Gasteiger partial charge in [-0.1, -0.05) is 19.9 Å². The van der Waals surface area contributed by atoms with Gasteiger partial charge in [-0.05, 0) is 41.0 Å². The van der Waals surface area contributed by atoms with Crippen LogP contribution in [-0.4, -0.2) is 97.4 Å². The molecule has 12 heteroatoms. The molecule has 0 spiro atoms. The number of aryl methyl sites for hydroxylation is 1. The van der Waals surface area contributed by atoms with Gasteiger partial charge in [-0.2, -0.15) is 9.61 Å². The molecule has 1 saturated heterocycles. The van der Waals surface area contributed by atoms with Gasteiger partial charge >= 0.3 is 0 Å². The number of likely N-dealkylation sites (N-methyl/N-ethyl adjacent to an activating group) is 1. The quantitative estimate of drug-likeness (QED) is 0.333. The molecule has 1 fully saturated rings. The molecule has 4 aromatic rings. The van der Waals surface area contributed by atoms with Gasteiger partial charge in [0, 0.05) is 62.4 Å². The van der Waals surface area contributed by atoms with E-state index in [0.29, 0.717) is 24.0 Å². The van der Waals surface area contributed by atoms with E-state index in [9.17, 15) is 4.79 Å². The molecule has 0 bridgehead atoms. The van der Waals surface area contributed by atoms with Gasteiger partial charge in [0.2, 0.25) is 11.9 Å². The zero-order valence-corrected chi connectivity index (χ0v) is 23.2. The van der Waals surface area contributed by atoms with Crippen LogP contribution in [0.2, 0.25) is 0 Å². The maximum absolute atomic E-state index is 13.3. The summed E-state index contributed by atoms with van der Waals surface area (Å²) in [5, 5.41) is 16.4. The fraction of sp³-hybridized carbons (Fsp3) is 0.480. The number of nitrogens with zero attached hydrogens (tertiary/aromatic N) is 8. The second-order valence-electron chi connectivity index (χ2n) is 9.95. The highest BCUT2D eigenvalue weighted by Crippen LogP contribution is 2.29. The maximum atomic E-state index is 13.3. The number of aromatic nitrogens is 6. The summed E-state index contributed by atoms with van der Waals surface area (Å²) in [6, 6.07) is 5.37. The molecule has 1 amide bonds. The number of carbonyl (C=O) groups excluding carboxylic acids is 1. The SMILES string of the molecule is CC(C)[C@@H](Nc1nc2c(Br)cccc2c2nc(-c3cnn(C)c3)nn12)C(=O)NCCN1CCN(C)CC1. The van der Waals surface area contributed by atoms with Crippen molar-refractivity contribution in [2.75, 3.05) is 51.6 Å². The molecule has 0 unspecified atom stereocenters. The zero-order chi connectivity index (χ0) is 26.1. The van der Waals surface area contributed by atoms with Crippen LogP contribution < -0.4 is 10.6 Å². The summed E-state index contributed by atoms with van der Waals surface area (Å²) in [6.07, 6.45) is 3.61. The molecule has 1 atom stereocenters. The Morgan fingerprint density at radius 1 is 1.14 bits per heavy atom. The minimum Gasteiger partial charge on any atom is -0.353 e. The molecule has 37 heavy (non-hydrogen) atoms. The number of benzene rings is 1. The Balaban J connectivity index is 1.42. The van der Waals surface area contributed by atoms with Crippen LogP contribution in [0.1, 0.15) is 13.8 Å². The number of halogens is 1. The fourth-order valence-corrected chi connectivity index (χ4v) is 5.00. The number of para-hydroxylation sites is 1. The molecule has 5 rings (SSSR count). The highest BCUT2D eigenvalue weighted by molar-refractivity contribution is 9.10. The van der Waals surface area contributed by atoms with Crippen LogP contribution in [0.3, 0.4) is 0 Å². The minimum atomic E-state index is -0.492. The van der Waals surface area contributed by atoms with E-state index in [4.69, 9.17) is 15.1 Å². The molecule has 4 heterocycles. The predicted octanol–water partition coefficient (Wildman–Crippen LogP) is 2.24. The third kappa shape index (κ3) is 5.46. The van der Waals surface area contributed by atoms with Crippen LogP contribution in [0, 0.1) is 5.92 Å². The molecule has 2 N–H and O–H groups in total. The van der Waals surface area contributed by atoms with Gasteiger partial charge in [0.25, 0.3) is 0 Å². The van der Waals surface area contributed by atoms with Gasteiger partial charge < -0.3 is 15.5 Å². The van der Waals surface area contributed by atoms with Crippen LogP contribution in [0.5, 0.6) is 0 Å². The smallest absolute Gasteiger partial charge is 0.242 e. The van der Waals surface area contributed by atoms with Crippen molar-refractivity contribution >= 4 is 44.3 Å². The molecule has 1 aromatic carbocycles. The molecule has 1 aliphatic rings. The summed E-state index contributed by atoms with van der Waals surface area (Å²) in [5.41, 5.74) is 2.22. The lowest BCUT2D eigenvalue weighted by atomic mass is 10.0. The summed E-state index contributed by atoms with van der Waals surface area (Å²) in [4.78, 5) is 27.7. The van der Waals surface area contributed by atoms with Crippen molar-refractivity contribution in [1.82, 2.24) is 44.5 Å². The van der Waals surface area contributed by atoms with E-state index in [1.165, 1.54) is 0 Å². The number of amides is 1. The van der Waals surface area contributed by atoms with Crippen LogP contribution in [0.25, 0.3) is 27.9 Å². The number of hydrogen-bond acceptors (Lipinski definition) is 8. The van der Waals surface area contributed by atoms with Crippen molar-refractivity contribution in [3.8, 4) is 11.4 Å². The summed E-state index contributed by atoms with van der Waals surface area (Å²) in [5.74, 6) is 0.976. The minimum absolute atomic E-state index is 0.0247. The highest BCUT2D eigenvalue weighted by atomic mass is 79.9. The first-order valence-corrected chi connectivity index (χ1v) is 13.4. The first-order valence-electron chi connectivity index (χ1n) is 12.6. The largest absolute Gasteiger partial charge is 0.353 e. The summed E-state index contributed by atoms with van der Waals surface area (Å²) in [7, 11) is 4.00. The monoisotopic (exact) mass is 568 g/mol. The number of piperazine rings is 1. The molecule has 0 radical (unpaired) electrons. The van der Waals surface area contributed by atoms with Gasteiger partial charge in [-0.3, -0.25) is 14.4 Å². The Hall–Kier alpha value is -3.09. The van der Waals surface area contributed by atoms with E-state index in [2.05, 4.69) is 48.5 Å². The Morgan fingerprint density at radius 2 is 1.92 bits per heavy atom. The summed E-state index contributed by atoms with van der Waals surface area (Å²) in [6.45, 7) is 9.66. The molecule has 0 saturated carbocycles. The normalized spacial score (nSPS) is 16.1. The standard InChI is InChI=1S/C25H33BrN10O/c1-16(2)20(24(37)27-8-9-35-12-10-33(3)11-13-35)29-25-30-21-18(6-5-7-19(21)26)23-31-22(32-36(23)25)17-14-28-34(4)15-17/h5-7,14-16,20H,8-13H2,1-4H3,(H,27,37)(H,29,30)/t20-/m1/s1. The van der Waals surface area contributed by atoms with Crippen molar-refractivity contribution in [3.05, 3.63) is 35.1 Å². The van der Waals surface area contributed by atoms with Crippen molar-refractivity contribution in [2.45, 2.75) is 19.9 Å². The number of hydrogen-bond donors (Lipinski definition) is 2. The van der Waals surface area contributed by atoms with E-state index in [1.54, 1.807) is 15.4 Å². The lowest BCUT2D eigenvalue weighted by Crippen LogP contribution is -2.49. The van der Waals surface area contributed by atoms with Gasteiger partial charge in [-0.25, -0.2) is 9.97 Å². The number of rotatable bonds is 8. The van der Waals surface area contributed by atoms with Crippen LogP contribution >= 0.6 is 15.9 Å². The average molecular weight is 570 g/mol. The molecule has 196 valence electrons. The van der Waals surface area contributed by atoms with Crippen LogP contribution in [0.15, 0.2) is 35.1 Å². The van der Waals surface area contributed by atoms with E-state index in [-0.39, 0.29) is 11.8 Å². The Morgan fingerprint density at radius 3 is 2.62 bits per heavy atom. The highest BCUT2D eigenvalue weighted by Gasteiger charge is 2.25. The lowest BCUT2D eigenvalue weighted by molar-refractivity contribution is -0.122. The topological polar surface area (TPSA) is 109 Å². The predicted molar refractivity (Wildman–Crippen MR) is 147 cm³/mol. The van der Waals surface area contributed by atoms with E-state index in [1.807, 2.05) is 45.3 Å². The molecule has 0 aliphatic carbocycles. The Labute approximate surface area is 224 Å². The zero-order valence-electron chi connectivity index (χ0n) is 21.6. The number of anilines is 1. The van der Waals surface area contributed by atoms with E-state index < -0.39 is 6.04 Å². The number of nitrogens with one attached hydrogen (secondary N) is 2. The average Bonchev–Trinajstić information content (AvgIpc) is 3.51. The second kappa shape index (κ2) is 10.7. The first-order chi connectivity index (χ1) is 17.8. The van der Waals surface area contributed by atoms with Crippen molar-refractivity contribution in [2.24, 2.45) is 13.0 Å². The molecule has 11 nitrogen and oxygen atoms in total. The van der Waals surface area contributed by atoms with Gasteiger partial charge in [-0.15, -0.1) is 5.10 Å². The van der Waals surface area contributed by atoms with Crippen molar-refractivity contribution < 1.29 is 4.79 Å². The molecular formula is C25H33BrN10O. The van der Waals surface area contributed by atoms with Gasteiger partial charge in [0.15, 0.2) is 11.5 Å². The molecule has 3 aromatic heterocycles. The van der Waals surface area contributed by atoms with E-state index >= 15 is 0 Å². The van der Waals surface area contributed by atoms with Gasteiger partial charge in [0.05, 0.1) is 17.3 Å². The number of carbonyl (C=O) groups is 1. The number of fused-ring (bicyclic) bond motifs is 3. The van der Waals surface area contributed by atoms with Crippen LogP contribution in [-0.2, 0) is 11.8 Å². The fourth-order valence-electron chi connectivity index (χ4n) is 4.54. The molecule has 1 aliphatic heterocycles. The van der Waals surface area contributed by atoms with Crippen molar-refractivity contribution in [1.29, 1.82) is 0 Å². The van der Waals surface area contributed by atoms with Crippen LogP contribution in [0.4, 0.5) is 5.95 Å². The first kappa shape index (κ1) is 25.6. The molecular weight excluding hydrogens is 536 g/mol.